The number of piperazine rings is 1. The summed E-state index contributed by atoms with van der Waals surface area (Å²) in [4.78, 5) is 12.5. The van der Waals surface area contributed by atoms with Crippen molar-refractivity contribution in [3.63, 3.8) is 0 Å². The summed E-state index contributed by atoms with van der Waals surface area (Å²) in [5.41, 5.74) is -0.0816. The predicted molar refractivity (Wildman–Crippen MR) is 91.0 cm³/mol. The third-order valence-corrected chi connectivity index (χ3v) is 4.19. The zero-order valence-electron chi connectivity index (χ0n) is 14.5. The molecule has 1 saturated heterocycles. The van der Waals surface area contributed by atoms with E-state index >= 15 is 0 Å². The number of rotatable bonds is 4. The minimum absolute atomic E-state index is 0.396. The van der Waals surface area contributed by atoms with Crippen LogP contribution in [0.15, 0.2) is 30.3 Å². The highest BCUT2D eigenvalue weighted by Gasteiger charge is 2.31. The second-order valence-electron chi connectivity index (χ2n) is 5.77. The fraction of sp³-hybridized carbons (Fsp3) is 0.412. The molecule has 0 bridgehead atoms. The molecule has 0 atom stereocenters. The van der Waals surface area contributed by atoms with Crippen molar-refractivity contribution < 1.29 is 22.6 Å². The normalized spacial score (nSPS) is 15.1. The maximum atomic E-state index is 12.9. The Balaban J connectivity index is 1.72. The van der Waals surface area contributed by atoms with Crippen LogP contribution >= 0.6 is 0 Å². The van der Waals surface area contributed by atoms with Gasteiger partial charge in [-0.3, -0.25) is 0 Å². The third-order valence-electron chi connectivity index (χ3n) is 4.19. The number of aromatic nitrogens is 2. The van der Waals surface area contributed by atoms with Crippen LogP contribution in [0.1, 0.15) is 5.56 Å². The van der Waals surface area contributed by atoms with Gasteiger partial charge in [0.25, 0.3) is 0 Å². The van der Waals surface area contributed by atoms with Gasteiger partial charge in [0.1, 0.15) is 0 Å². The first-order valence-electron chi connectivity index (χ1n) is 8.05. The Hall–Kier alpha value is -2.71. The highest BCUT2D eigenvalue weighted by molar-refractivity contribution is 5.51. The number of hydrogen-bond donors (Lipinski definition) is 0. The lowest BCUT2D eigenvalue weighted by Crippen LogP contribution is -2.47. The third kappa shape index (κ3) is 3.92. The standard InChI is InChI=1S/C17H19F3N4O2/c1-25-14-11-15(26-2)22-16(21-14)24-8-6-23(7-9-24)13-5-3-4-12(10-13)17(18,19)20/h3-5,10-11H,6-9H2,1-2H3. The number of hydrogen-bond acceptors (Lipinski definition) is 6. The zero-order valence-corrected chi connectivity index (χ0v) is 14.5. The van der Waals surface area contributed by atoms with E-state index in [0.717, 1.165) is 6.07 Å². The van der Waals surface area contributed by atoms with Crippen molar-refractivity contribution in [2.45, 2.75) is 6.18 Å². The molecule has 0 N–H and O–H groups in total. The lowest BCUT2D eigenvalue weighted by molar-refractivity contribution is -0.137. The molecule has 2 heterocycles. The van der Waals surface area contributed by atoms with Crippen molar-refractivity contribution in [3.8, 4) is 11.8 Å². The van der Waals surface area contributed by atoms with Gasteiger partial charge in [-0.25, -0.2) is 0 Å². The topological polar surface area (TPSA) is 50.7 Å². The molecular weight excluding hydrogens is 349 g/mol. The summed E-state index contributed by atoms with van der Waals surface area (Å²) in [7, 11) is 3.02. The minimum Gasteiger partial charge on any atom is -0.481 e. The van der Waals surface area contributed by atoms with Crippen molar-refractivity contribution in [3.05, 3.63) is 35.9 Å². The van der Waals surface area contributed by atoms with Crippen LogP contribution in [0.25, 0.3) is 0 Å². The molecule has 140 valence electrons. The van der Waals surface area contributed by atoms with E-state index < -0.39 is 11.7 Å². The summed E-state index contributed by atoms with van der Waals surface area (Å²) in [6.45, 7) is 2.27. The Labute approximate surface area is 149 Å². The van der Waals surface area contributed by atoms with E-state index in [1.807, 2.05) is 9.80 Å². The molecule has 0 spiro atoms. The monoisotopic (exact) mass is 368 g/mol. The highest BCUT2D eigenvalue weighted by atomic mass is 19.4. The summed E-state index contributed by atoms with van der Waals surface area (Å²) < 4.78 is 49.0. The summed E-state index contributed by atoms with van der Waals surface area (Å²) in [6, 6.07) is 6.97. The quantitative estimate of drug-likeness (QED) is 0.827. The summed E-state index contributed by atoms with van der Waals surface area (Å²) in [5.74, 6) is 1.27. The Bertz CT molecular complexity index is 740. The molecule has 6 nitrogen and oxygen atoms in total. The number of methoxy groups -OCH3 is 2. The Morgan fingerprint density at radius 2 is 1.46 bits per heavy atom. The van der Waals surface area contributed by atoms with Crippen LogP contribution in [0, 0.1) is 0 Å². The minimum atomic E-state index is -4.34. The van der Waals surface area contributed by atoms with Gasteiger partial charge in [0.2, 0.25) is 17.7 Å². The van der Waals surface area contributed by atoms with E-state index in [2.05, 4.69) is 9.97 Å². The van der Waals surface area contributed by atoms with Gasteiger partial charge in [0, 0.05) is 31.9 Å². The van der Waals surface area contributed by atoms with E-state index in [9.17, 15) is 13.2 Å². The first kappa shape index (κ1) is 18.1. The molecule has 1 aliphatic rings. The van der Waals surface area contributed by atoms with Crippen LogP contribution in [0.3, 0.4) is 0 Å². The number of alkyl halides is 3. The summed E-state index contributed by atoms with van der Waals surface area (Å²) in [5, 5.41) is 0. The zero-order chi connectivity index (χ0) is 18.7. The first-order valence-corrected chi connectivity index (χ1v) is 8.05. The van der Waals surface area contributed by atoms with E-state index in [0.29, 0.717) is 49.6 Å². The van der Waals surface area contributed by atoms with Gasteiger partial charge < -0.3 is 19.3 Å². The van der Waals surface area contributed by atoms with Gasteiger partial charge in [-0.05, 0) is 18.2 Å². The van der Waals surface area contributed by atoms with Crippen LogP contribution in [0.5, 0.6) is 11.8 Å². The van der Waals surface area contributed by atoms with Gasteiger partial charge >= 0.3 is 6.18 Å². The maximum absolute atomic E-state index is 12.9. The Morgan fingerprint density at radius 3 is 2.00 bits per heavy atom. The molecule has 0 unspecified atom stereocenters. The van der Waals surface area contributed by atoms with E-state index in [4.69, 9.17) is 9.47 Å². The molecule has 3 rings (SSSR count). The molecule has 2 aromatic rings. The van der Waals surface area contributed by atoms with Crippen molar-refractivity contribution in [2.75, 3.05) is 50.2 Å². The number of benzene rings is 1. The van der Waals surface area contributed by atoms with Crippen LogP contribution < -0.4 is 19.3 Å². The Morgan fingerprint density at radius 1 is 0.885 bits per heavy atom. The van der Waals surface area contributed by atoms with Gasteiger partial charge in [-0.15, -0.1) is 0 Å². The lowest BCUT2D eigenvalue weighted by Gasteiger charge is -2.36. The van der Waals surface area contributed by atoms with Gasteiger partial charge in [0.15, 0.2) is 0 Å². The van der Waals surface area contributed by atoms with E-state index in [-0.39, 0.29) is 0 Å². The van der Waals surface area contributed by atoms with Crippen LogP contribution in [0.2, 0.25) is 0 Å². The maximum Gasteiger partial charge on any atom is 0.416 e. The molecule has 0 saturated carbocycles. The number of anilines is 2. The van der Waals surface area contributed by atoms with Crippen molar-refractivity contribution in [2.24, 2.45) is 0 Å². The molecule has 1 aliphatic heterocycles. The van der Waals surface area contributed by atoms with E-state index in [1.165, 1.54) is 26.4 Å². The average Bonchev–Trinajstić information content (AvgIpc) is 2.67. The van der Waals surface area contributed by atoms with Gasteiger partial charge in [-0.2, -0.15) is 23.1 Å². The fourth-order valence-corrected chi connectivity index (χ4v) is 2.79. The number of halogens is 3. The van der Waals surface area contributed by atoms with Gasteiger partial charge in [0.05, 0.1) is 25.8 Å². The molecule has 1 fully saturated rings. The van der Waals surface area contributed by atoms with Crippen molar-refractivity contribution in [1.82, 2.24) is 9.97 Å². The van der Waals surface area contributed by atoms with Gasteiger partial charge in [-0.1, -0.05) is 6.07 Å². The van der Waals surface area contributed by atoms with Crippen molar-refractivity contribution >= 4 is 11.6 Å². The molecule has 1 aromatic heterocycles. The predicted octanol–water partition coefficient (Wildman–Crippen LogP) is 2.84. The largest absolute Gasteiger partial charge is 0.481 e. The van der Waals surface area contributed by atoms with Crippen molar-refractivity contribution in [1.29, 1.82) is 0 Å². The average molecular weight is 368 g/mol. The highest BCUT2D eigenvalue weighted by Crippen LogP contribution is 2.32. The molecular formula is C17H19F3N4O2. The number of nitrogens with zero attached hydrogens (tertiary/aromatic N) is 4. The van der Waals surface area contributed by atoms with Crippen LogP contribution in [0.4, 0.5) is 24.8 Å². The molecule has 26 heavy (non-hydrogen) atoms. The van der Waals surface area contributed by atoms with E-state index in [1.54, 1.807) is 12.1 Å². The van der Waals surface area contributed by atoms with Crippen LogP contribution in [-0.2, 0) is 6.18 Å². The second-order valence-corrected chi connectivity index (χ2v) is 5.77. The molecule has 9 heteroatoms. The SMILES string of the molecule is COc1cc(OC)nc(N2CCN(c3cccc(C(F)(F)F)c3)CC2)n1. The first-order chi connectivity index (χ1) is 12.4. The number of ether oxygens (including phenoxy) is 2. The lowest BCUT2D eigenvalue weighted by atomic mass is 10.1. The fourth-order valence-electron chi connectivity index (χ4n) is 2.79. The summed E-state index contributed by atoms with van der Waals surface area (Å²) >= 11 is 0. The summed E-state index contributed by atoms with van der Waals surface area (Å²) in [6.07, 6.45) is -4.34. The molecule has 0 aliphatic carbocycles. The second kappa shape index (κ2) is 7.27. The molecule has 0 amide bonds. The smallest absolute Gasteiger partial charge is 0.416 e. The molecule has 0 radical (unpaired) electrons. The molecule has 1 aromatic carbocycles. The van der Waals surface area contributed by atoms with Crippen LogP contribution in [-0.4, -0.2) is 50.4 Å². The Kier molecular flexibility index (Phi) is 5.06.